The molecular weight excluding hydrogens is 843 g/mol. The third kappa shape index (κ3) is 11.6. The minimum absolute atomic E-state index is 0.138. The Bertz CT molecular complexity index is 2460. The molecule has 2 aliphatic rings. The predicted molar refractivity (Wildman–Crippen MR) is 240 cm³/mol. The Kier molecular flexibility index (Phi) is 15.0. The van der Waals surface area contributed by atoms with Crippen LogP contribution in [0.2, 0.25) is 10.0 Å². The third-order valence-electron chi connectivity index (χ3n) is 11.3. The first-order valence-corrected chi connectivity index (χ1v) is 22.0. The van der Waals surface area contributed by atoms with Crippen LogP contribution in [0.4, 0.5) is 5.82 Å². The average Bonchev–Trinajstić information content (AvgIpc) is 3.72. The lowest BCUT2D eigenvalue weighted by molar-refractivity contribution is -0.135. The summed E-state index contributed by atoms with van der Waals surface area (Å²) in [4.78, 5) is 82.2. The van der Waals surface area contributed by atoms with Gasteiger partial charge in [-0.3, -0.25) is 39.1 Å². The van der Waals surface area contributed by atoms with E-state index in [0.717, 1.165) is 50.5 Å². The Balaban J connectivity index is 0.815. The van der Waals surface area contributed by atoms with Crippen molar-refractivity contribution in [1.29, 1.82) is 0 Å². The van der Waals surface area contributed by atoms with Crippen molar-refractivity contribution in [2.75, 3.05) is 25.0 Å². The number of benzene rings is 3. The summed E-state index contributed by atoms with van der Waals surface area (Å²) >= 11 is 13.0. The van der Waals surface area contributed by atoms with Crippen molar-refractivity contribution >= 4 is 64.5 Å². The second kappa shape index (κ2) is 21.1. The van der Waals surface area contributed by atoms with E-state index in [-0.39, 0.29) is 64.5 Å². The van der Waals surface area contributed by atoms with E-state index in [2.05, 4.69) is 31.3 Å². The molecule has 0 bridgehead atoms. The van der Waals surface area contributed by atoms with Crippen molar-refractivity contribution in [2.45, 2.75) is 76.2 Å². The molecule has 4 N–H and O–H groups in total. The van der Waals surface area contributed by atoms with Crippen LogP contribution in [0.1, 0.15) is 107 Å². The minimum atomic E-state index is -0.723. The van der Waals surface area contributed by atoms with Crippen LogP contribution in [-0.2, 0) is 14.4 Å². The zero-order chi connectivity index (χ0) is 44.3. The topological polar surface area (TPSA) is 184 Å². The van der Waals surface area contributed by atoms with Gasteiger partial charge >= 0.3 is 0 Å². The van der Waals surface area contributed by atoms with E-state index in [1.165, 1.54) is 16.8 Å². The number of likely N-dealkylation sites (tertiary alicyclic amines) is 1. The molecule has 5 aromatic rings. The Labute approximate surface area is 375 Å². The molecule has 326 valence electrons. The van der Waals surface area contributed by atoms with Crippen LogP contribution in [0.25, 0.3) is 16.9 Å². The van der Waals surface area contributed by atoms with Gasteiger partial charge in [-0.1, -0.05) is 78.9 Å². The minimum Gasteiger partial charge on any atom is -0.351 e. The summed E-state index contributed by atoms with van der Waals surface area (Å²) < 4.78 is 1.50. The second-order valence-corrected chi connectivity index (χ2v) is 16.5. The molecule has 63 heavy (non-hydrogen) atoms. The number of pyridine rings is 1. The summed E-state index contributed by atoms with van der Waals surface area (Å²) in [6, 6.07) is 25.8. The highest BCUT2D eigenvalue weighted by Crippen LogP contribution is 2.33. The van der Waals surface area contributed by atoms with Crippen molar-refractivity contribution in [3.05, 3.63) is 130 Å². The maximum Gasteiger partial charge on any atom is 0.271 e. The van der Waals surface area contributed by atoms with Crippen molar-refractivity contribution in [3.63, 3.8) is 0 Å². The Hall–Kier alpha value is -6.38. The Morgan fingerprint density at radius 2 is 1.49 bits per heavy atom. The summed E-state index contributed by atoms with van der Waals surface area (Å²) in [5.74, 6) is -1.32. The smallest absolute Gasteiger partial charge is 0.271 e. The molecule has 1 atom stereocenters. The Morgan fingerprint density at radius 1 is 0.762 bits per heavy atom. The number of anilines is 1. The largest absolute Gasteiger partial charge is 0.351 e. The van der Waals surface area contributed by atoms with Crippen LogP contribution in [0, 0.1) is 0 Å². The zero-order valence-electron chi connectivity index (χ0n) is 34.6. The summed E-state index contributed by atoms with van der Waals surface area (Å²) in [7, 11) is 0. The van der Waals surface area contributed by atoms with Gasteiger partial charge in [0.15, 0.2) is 5.69 Å². The number of aromatic nitrogens is 3. The highest BCUT2D eigenvalue weighted by Gasteiger charge is 2.29. The molecule has 2 aliphatic heterocycles. The van der Waals surface area contributed by atoms with Crippen LogP contribution in [0.3, 0.4) is 0 Å². The molecule has 6 amide bonds. The number of imide groups is 1. The Morgan fingerprint density at radius 3 is 2.22 bits per heavy atom. The van der Waals surface area contributed by atoms with Crippen molar-refractivity contribution < 1.29 is 28.8 Å². The molecule has 0 aliphatic carbocycles. The maximum absolute atomic E-state index is 13.6. The molecule has 14 nitrogen and oxygen atoms in total. The van der Waals surface area contributed by atoms with Crippen LogP contribution in [-0.4, -0.2) is 80.8 Å². The van der Waals surface area contributed by atoms with Crippen LogP contribution < -0.4 is 21.3 Å². The number of hydrogen-bond donors (Lipinski definition) is 4. The molecule has 16 heteroatoms. The van der Waals surface area contributed by atoms with Crippen molar-refractivity contribution in [1.82, 2.24) is 35.6 Å². The van der Waals surface area contributed by atoms with Gasteiger partial charge in [-0.25, -0.2) is 4.68 Å². The number of piperidine rings is 2. The fourth-order valence-electron chi connectivity index (χ4n) is 7.80. The lowest BCUT2D eigenvalue weighted by atomic mass is 9.88. The van der Waals surface area contributed by atoms with Gasteiger partial charge in [-0.15, -0.1) is 0 Å². The first kappa shape index (κ1) is 44.7. The lowest BCUT2D eigenvalue weighted by Gasteiger charge is -2.32. The number of rotatable bonds is 16. The average molecular weight is 892 g/mol. The molecule has 2 fully saturated rings. The van der Waals surface area contributed by atoms with E-state index in [0.29, 0.717) is 53.6 Å². The number of nitrogens with zero attached hydrogens (tertiary/aromatic N) is 4. The first-order valence-electron chi connectivity index (χ1n) is 21.2. The number of hydrogen-bond acceptors (Lipinski definition) is 8. The molecule has 0 spiro atoms. The van der Waals surface area contributed by atoms with Crippen molar-refractivity contribution in [3.8, 4) is 16.9 Å². The highest BCUT2D eigenvalue weighted by molar-refractivity contribution is 6.38. The number of para-hydroxylation sites is 1. The molecule has 3 aromatic carbocycles. The van der Waals surface area contributed by atoms with E-state index in [9.17, 15) is 28.8 Å². The summed E-state index contributed by atoms with van der Waals surface area (Å²) in [5.41, 5.74) is 3.66. The fraction of sp³-hybridized carbons (Fsp3) is 0.319. The second-order valence-electron chi connectivity index (χ2n) is 15.7. The van der Waals surface area contributed by atoms with Crippen LogP contribution >= 0.6 is 23.2 Å². The van der Waals surface area contributed by atoms with E-state index in [1.54, 1.807) is 36.5 Å². The molecule has 1 unspecified atom stereocenters. The van der Waals surface area contributed by atoms with Crippen LogP contribution in [0.15, 0.2) is 97.2 Å². The van der Waals surface area contributed by atoms with Gasteiger partial charge in [0.2, 0.25) is 17.7 Å². The van der Waals surface area contributed by atoms with E-state index >= 15 is 0 Å². The van der Waals surface area contributed by atoms with Gasteiger partial charge in [-0.2, -0.15) is 5.10 Å². The third-order valence-corrected chi connectivity index (χ3v) is 11.9. The molecule has 0 radical (unpaired) electrons. The standard InChI is InChI=1S/C47H48Cl2N8O6/c48-36-28-37(49)35(27-34(36)38-13-8-10-23-50-38)45(61)53-41-29-40(55-57(41)33-11-5-4-6-12-33)46(62)51-24-9-3-1-2-7-14-43(59)56-25-21-31(22-26-56)30-15-17-32(18-16-30)44(60)52-39-19-20-42(58)54-47(39)63/h4-6,8,10-13,15-18,23,27-29,31,39H,1-3,7,9,14,19-22,24-26H2,(H,51,62)(H,52,60)(H,53,61)(H,54,58,63). The number of nitrogens with one attached hydrogen (secondary N) is 4. The first-order chi connectivity index (χ1) is 30.5. The van der Waals surface area contributed by atoms with E-state index < -0.39 is 17.9 Å². The van der Waals surface area contributed by atoms with Crippen LogP contribution in [0.5, 0.6) is 0 Å². The molecule has 2 saturated heterocycles. The van der Waals surface area contributed by atoms with Gasteiger partial charge in [0.1, 0.15) is 11.9 Å². The van der Waals surface area contributed by atoms with Gasteiger partial charge < -0.3 is 20.9 Å². The highest BCUT2D eigenvalue weighted by atomic mass is 35.5. The summed E-state index contributed by atoms with van der Waals surface area (Å²) in [5, 5.41) is 15.8. The molecule has 7 rings (SSSR count). The van der Waals surface area contributed by atoms with Gasteiger partial charge in [-0.05, 0) is 92.1 Å². The predicted octanol–water partition coefficient (Wildman–Crippen LogP) is 7.51. The maximum atomic E-state index is 13.6. The van der Waals surface area contributed by atoms with Gasteiger partial charge in [0, 0.05) is 55.9 Å². The molecule has 2 aromatic heterocycles. The number of halogens is 2. The monoisotopic (exact) mass is 890 g/mol. The van der Waals surface area contributed by atoms with E-state index in [4.69, 9.17) is 23.2 Å². The quantitative estimate of drug-likeness (QED) is 0.0580. The van der Waals surface area contributed by atoms with Gasteiger partial charge in [0.05, 0.1) is 27.0 Å². The number of unbranched alkanes of at least 4 members (excludes halogenated alkanes) is 4. The number of amides is 6. The fourth-order valence-corrected chi connectivity index (χ4v) is 8.36. The number of carbonyl (C=O) groups excluding carboxylic acids is 6. The lowest BCUT2D eigenvalue weighted by Crippen LogP contribution is -2.52. The molecule has 0 saturated carbocycles. The van der Waals surface area contributed by atoms with Crippen molar-refractivity contribution in [2.24, 2.45) is 0 Å². The molecule has 4 heterocycles. The normalized spacial score (nSPS) is 15.4. The summed E-state index contributed by atoms with van der Waals surface area (Å²) in [6.07, 6.45) is 8.58. The van der Waals surface area contributed by atoms with Gasteiger partial charge in [0.25, 0.3) is 17.7 Å². The zero-order valence-corrected chi connectivity index (χ0v) is 36.1. The molecular formula is C47H48Cl2N8O6. The SMILES string of the molecule is O=C1CCC(NC(=O)c2ccc(C3CCN(C(=O)CCCCCCCNC(=O)c4cc(NC(=O)c5cc(-c6ccccn6)c(Cl)cc5Cl)n(-c5ccccc5)n4)CC3)cc2)C(=O)N1. The van der Waals surface area contributed by atoms with E-state index in [1.807, 2.05) is 53.4 Å². The summed E-state index contributed by atoms with van der Waals surface area (Å²) in [6.45, 7) is 1.81. The number of carbonyl (C=O) groups is 6.